The second-order valence-corrected chi connectivity index (χ2v) is 7.87. The van der Waals surface area contributed by atoms with Crippen molar-refractivity contribution >= 4 is 39.8 Å². The standard InChI is InChI=1S/C18H13F3N4O3S2/c1-10-2-3-11(6-14(10)25(27)28)13-8-30-17(23-13)24-15(26)9-29-16-5-4-12(7-22-16)18(19,20)21/h2-8H,9H2,1H3,(H,23,24,26). The summed E-state index contributed by atoms with van der Waals surface area (Å²) in [5.74, 6) is -0.471. The summed E-state index contributed by atoms with van der Waals surface area (Å²) in [5, 5.41) is 15.9. The van der Waals surface area contributed by atoms with E-state index in [4.69, 9.17) is 0 Å². The Labute approximate surface area is 176 Å². The zero-order valence-electron chi connectivity index (χ0n) is 15.3. The van der Waals surface area contributed by atoms with E-state index in [2.05, 4.69) is 15.3 Å². The highest BCUT2D eigenvalue weighted by atomic mass is 32.2. The van der Waals surface area contributed by atoms with Gasteiger partial charge in [-0.1, -0.05) is 23.9 Å². The first-order chi connectivity index (χ1) is 14.1. The molecule has 0 fully saturated rings. The smallest absolute Gasteiger partial charge is 0.301 e. The van der Waals surface area contributed by atoms with Gasteiger partial charge in [-0.3, -0.25) is 14.9 Å². The van der Waals surface area contributed by atoms with Gasteiger partial charge in [0.25, 0.3) is 5.69 Å². The predicted molar refractivity (Wildman–Crippen MR) is 108 cm³/mol. The number of nitro groups is 1. The van der Waals surface area contributed by atoms with Gasteiger partial charge in [0.1, 0.15) is 0 Å². The van der Waals surface area contributed by atoms with Gasteiger partial charge in [-0.25, -0.2) is 9.97 Å². The molecule has 2 heterocycles. The van der Waals surface area contributed by atoms with Crippen molar-refractivity contribution < 1.29 is 22.9 Å². The number of thiazole rings is 1. The zero-order valence-corrected chi connectivity index (χ0v) is 16.9. The van der Waals surface area contributed by atoms with E-state index >= 15 is 0 Å². The minimum atomic E-state index is -4.46. The summed E-state index contributed by atoms with van der Waals surface area (Å²) in [5.41, 5.74) is 0.679. The molecule has 1 amide bonds. The first-order valence-corrected chi connectivity index (χ1v) is 10.2. The molecule has 3 rings (SSSR count). The van der Waals surface area contributed by atoms with Crippen LogP contribution < -0.4 is 5.32 Å². The predicted octanol–water partition coefficient (Wildman–Crippen LogP) is 5.17. The number of nitro benzene ring substituents is 1. The summed E-state index contributed by atoms with van der Waals surface area (Å²) >= 11 is 2.14. The second kappa shape index (κ2) is 8.79. The maximum absolute atomic E-state index is 12.5. The number of hydrogen-bond acceptors (Lipinski definition) is 7. The Hall–Kier alpha value is -2.99. The lowest BCUT2D eigenvalue weighted by atomic mass is 10.1. The highest BCUT2D eigenvalue weighted by molar-refractivity contribution is 7.99. The monoisotopic (exact) mass is 454 g/mol. The Morgan fingerprint density at radius 2 is 2.07 bits per heavy atom. The van der Waals surface area contributed by atoms with Crippen molar-refractivity contribution in [2.75, 3.05) is 11.1 Å². The minimum absolute atomic E-state index is 0.0217. The molecule has 3 aromatic rings. The highest BCUT2D eigenvalue weighted by Gasteiger charge is 2.30. The average molecular weight is 454 g/mol. The number of benzene rings is 1. The number of nitrogens with one attached hydrogen (secondary N) is 1. The number of hydrogen-bond donors (Lipinski definition) is 1. The zero-order chi connectivity index (χ0) is 21.9. The average Bonchev–Trinajstić information content (AvgIpc) is 3.14. The maximum Gasteiger partial charge on any atom is 0.417 e. The van der Waals surface area contributed by atoms with Crippen LogP contribution in [0.2, 0.25) is 0 Å². The van der Waals surface area contributed by atoms with Crippen molar-refractivity contribution in [1.82, 2.24) is 9.97 Å². The molecule has 0 radical (unpaired) electrons. The summed E-state index contributed by atoms with van der Waals surface area (Å²) in [7, 11) is 0. The topological polar surface area (TPSA) is 98.0 Å². The van der Waals surface area contributed by atoms with Crippen molar-refractivity contribution in [2.24, 2.45) is 0 Å². The molecule has 0 spiro atoms. The normalized spacial score (nSPS) is 11.3. The van der Waals surface area contributed by atoms with E-state index in [0.29, 0.717) is 28.1 Å². The molecule has 12 heteroatoms. The van der Waals surface area contributed by atoms with Crippen LogP contribution >= 0.6 is 23.1 Å². The van der Waals surface area contributed by atoms with E-state index in [1.54, 1.807) is 24.4 Å². The molecule has 1 N–H and O–H groups in total. The highest BCUT2D eigenvalue weighted by Crippen LogP contribution is 2.31. The lowest BCUT2D eigenvalue weighted by Crippen LogP contribution is -2.14. The Kier molecular flexibility index (Phi) is 6.37. The summed E-state index contributed by atoms with van der Waals surface area (Å²) in [4.78, 5) is 30.6. The summed E-state index contributed by atoms with van der Waals surface area (Å²) in [6.07, 6.45) is -3.75. The van der Waals surface area contributed by atoms with Gasteiger partial charge >= 0.3 is 6.18 Å². The molecule has 0 aliphatic heterocycles. The number of amides is 1. The van der Waals surface area contributed by atoms with Crippen LogP contribution in [0.25, 0.3) is 11.3 Å². The molecule has 0 atom stereocenters. The van der Waals surface area contributed by atoms with E-state index in [1.807, 2.05) is 0 Å². The minimum Gasteiger partial charge on any atom is -0.301 e. The van der Waals surface area contributed by atoms with Crippen molar-refractivity contribution in [2.45, 2.75) is 18.1 Å². The van der Waals surface area contributed by atoms with E-state index in [9.17, 15) is 28.1 Å². The largest absolute Gasteiger partial charge is 0.417 e. The van der Waals surface area contributed by atoms with Crippen LogP contribution in [0.4, 0.5) is 24.0 Å². The van der Waals surface area contributed by atoms with Crippen LogP contribution in [0.3, 0.4) is 0 Å². The molecule has 0 aliphatic rings. The van der Waals surface area contributed by atoms with Gasteiger partial charge in [0.2, 0.25) is 5.91 Å². The quantitative estimate of drug-likeness (QED) is 0.313. The number of carbonyl (C=O) groups is 1. The number of rotatable bonds is 6. The fraction of sp³-hybridized carbons (Fsp3) is 0.167. The third-order valence-corrected chi connectivity index (χ3v) is 5.57. The van der Waals surface area contributed by atoms with Crippen LogP contribution in [0.15, 0.2) is 46.9 Å². The number of anilines is 1. The van der Waals surface area contributed by atoms with Gasteiger partial charge in [-0.15, -0.1) is 11.3 Å². The third kappa shape index (κ3) is 5.33. The van der Waals surface area contributed by atoms with Crippen molar-refractivity contribution in [3.63, 3.8) is 0 Å². The van der Waals surface area contributed by atoms with Gasteiger partial charge in [0.05, 0.1) is 27.0 Å². The molecular formula is C18H13F3N4O3S2. The van der Waals surface area contributed by atoms with Crippen molar-refractivity contribution in [3.8, 4) is 11.3 Å². The molecule has 0 unspecified atom stereocenters. The summed E-state index contributed by atoms with van der Waals surface area (Å²) < 4.78 is 37.6. The van der Waals surface area contributed by atoms with Gasteiger partial charge < -0.3 is 5.32 Å². The number of aryl methyl sites for hydroxylation is 1. The van der Waals surface area contributed by atoms with Gasteiger partial charge in [-0.05, 0) is 19.1 Å². The fourth-order valence-corrected chi connectivity index (χ4v) is 3.74. The Balaban J connectivity index is 1.60. The molecule has 0 saturated carbocycles. The van der Waals surface area contributed by atoms with Gasteiger partial charge in [-0.2, -0.15) is 13.2 Å². The molecule has 0 aliphatic carbocycles. The molecule has 30 heavy (non-hydrogen) atoms. The van der Waals surface area contributed by atoms with Crippen LogP contribution in [0.5, 0.6) is 0 Å². The summed E-state index contributed by atoms with van der Waals surface area (Å²) in [6.45, 7) is 1.64. The lowest BCUT2D eigenvalue weighted by Gasteiger charge is -2.06. The van der Waals surface area contributed by atoms with E-state index < -0.39 is 22.6 Å². The number of alkyl halides is 3. The van der Waals surface area contributed by atoms with Crippen LogP contribution in [0.1, 0.15) is 11.1 Å². The number of nitrogens with zero attached hydrogens (tertiary/aromatic N) is 3. The van der Waals surface area contributed by atoms with E-state index in [1.165, 1.54) is 12.1 Å². The van der Waals surface area contributed by atoms with Gasteiger partial charge in [0, 0.05) is 28.8 Å². The van der Waals surface area contributed by atoms with Crippen LogP contribution in [-0.2, 0) is 11.0 Å². The van der Waals surface area contributed by atoms with E-state index in [0.717, 1.165) is 29.2 Å². The molecule has 0 bridgehead atoms. The third-order valence-electron chi connectivity index (χ3n) is 3.87. The van der Waals surface area contributed by atoms with Crippen molar-refractivity contribution in [1.29, 1.82) is 0 Å². The maximum atomic E-state index is 12.5. The Morgan fingerprint density at radius 1 is 1.30 bits per heavy atom. The number of pyridine rings is 1. The molecule has 7 nitrogen and oxygen atoms in total. The molecular weight excluding hydrogens is 441 g/mol. The number of carbonyl (C=O) groups excluding carboxylic acids is 1. The SMILES string of the molecule is Cc1ccc(-c2csc(NC(=O)CSc3ccc(C(F)(F)F)cn3)n2)cc1[N+](=O)[O-]. The molecule has 2 aromatic heterocycles. The van der Waals surface area contributed by atoms with Crippen LogP contribution in [0, 0.1) is 17.0 Å². The lowest BCUT2D eigenvalue weighted by molar-refractivity contribution is -0.385. The van der Waals surface area contributed by atoms with Crippen molar-refractivity contribution in [3.05, 3.63) is 63.1 Å². The Morgan fingerprint density at radius 3 is 2.70 bits per heavy atom. The number of thioether (sulfide) groups is 1. The van der Waals surface area contributed by atoms with E-state index in [-0.39, 0.29) is 16.5 Å². The molecule has 156 valence electrons. The van der Waals surface area contributed by atoms with Gasteiger partial charge in [0.15, 0.2) is 5.13 Å². The number of halogens is 3. The first-order valence-electron chi connectivity index (χ1n) is 8.30. The molecule has 0 saturated heterocycles. The Bertz CT molecular complexity index is 1090. The van der Waals surface area contributed by atoms with Crippen LogP contribution in [-0.4, -0.2) is 26.6 Å². The number of aromatic nitrogens is 2. The second-order valence-electron chi connectivity index (χ2n) is 6.02. The molecule has 1 aromatic carbocycles. The summed E-state index contributed by atoms with van der Waals surface area (Å²) in [6, 6.07) is 6.85. The first kappa shape index (κ1) is 21.7. The fourth-order valence-electron chi connectivity index (χ4n) is 2.36.